The maximum Gasteiger partial charge on any atom is 0.543 e. The van der Waals surface area contributed by atoms with Gasteiger partial charge >= 0.3 is 17.8 Å². The molecule has 7 heteroatoms. The maximum absolute atomic E-state index is 11.7. The zero-order chi connectivity index (χ0) is 9.78. The average Bonchev–Trinajstić information content (AvgIpc) is 1.85. The highest BCUT2D eigenvalue weighted by Crippen LogP contribution is 2.28. The predicted molar refractivity (Wildman–Crippen MR) is 32.4 cm³/mol. The van der Waals surface area contributed by atoms with Crippen molar-refractivity contribution in [2.75, 3.05) is 6.61 Å². The highest BCUT2D eigenvalue weighted by Gasteiger charge is 2.51. The lowest BCUT2D eigenvalue weighted by atomic mass is 10.5. The Hall–Kier alpha value is -1.45. The smallest absolute Gasteiger partial charge is 0.475 e. The van der Waals surface area contributed by atoms with Gasteiger partial charge in [-0.05, 0) is 6.92 Å². The summed E-state index contributed by atoms with van der Waals surface area (Å²) in [5, 5.41) is 16.4. The van der Waals surface area contributed by atoms with Gasteiger partial charge in [0, 0.05) is 0 Å². The van der Waals surface area contributed by atoms with Gasteiger partial charge in [0.1, 0.15) is 0 Å². The number of diazo groups is 1. The van der Waals surface area contributed by atoms with Crippen molar-refractivity contribution >= 4 is 0 Å². The molecule has 0 aromatic rings. The summed E-state index contributed by atoms with van der Waals surface area (Å²) in [6, 6.07) is 0. The fraction of sp³-hybridized carbons (Fsp3) is 0.600. The van der Waals surface area contributed by atoms with Crippen molar-refractivity contribution in [3.8, 4) is 0 Å². The standard InChI is InChI=1S/C5H5F3N2O2/c1-2-12-4(11)3(10-9)5(6,7)8/h2H2,1H3/p+1. The van der Waals surface area contributed by atoms with Gasteiger partial charge in [-0.25, -0.2) is 0 Å². The quantitative estimate of drug-likeness (QED) is 0.527. The molecular weight excluding hydrogens is 177 g/mol. The lowest BCUT2D eigenvalue weighted by molar-refractivity contribution is -0.0970. The molecule has 0 rings (SSSR count). The zero-order valence-electron chi connectivity index (χ0n) is 6.09. The van der Waals surface area contributed by atoms with E-state index in [-0.39, 0.29) is 6.61 Å². The van der Waals surface area contributed by atoms with E-state index < -0.39 is 17.8 Å². The highest BCUT2D eigenvalue weighted by atomic mass is 19.4. The molecule has 0 amide bonds. The number of halogens is 3. The van der Waals surface area contributed by atoms with Gasteiger partial charge in [0.05, 0.1) is 6.61 Å². The number of nitrogens with zero attached hydrogens (tertiary/aromatic N) is 2. The monoisotopic (exact) mass is 183 g/mol. The fourth-order valence-corrected chi connectivity index (χ4v) is 0.426. The Morgan fingerprint density at radius 3 is 2.33 bits per heavy atom. The Balaban J connectivity index is 4.78. The highest BCUT2D eigenvalue weighted by molar-refractivity contribution is 5.15. The molecule has 0 bridgehead atoms. The van der Waals surface area contributed by atoms with Crippen LogP contribution in [0.4, 0.5) is 13.2 Å². The molecule has 0 aromatic heterocycles. The van der Waals surface area contributed by atoms with E-state index >= 15 is 0 Å². The van der Waals surface area contributed by atoms with E-state index in [1.165, 1.54) is 6.92 Å². The first kappa shape index (κ1) is 10.6. The van der Waals surface area contributed by atoms with Gasteiger partial charge in [0.15, 0.2) is 4.98 Å². The molecule has 0 aliphatic carbocycles. The number of ether oxygens (including phenoxy) is 1. The van der Waals surface area contributed by atoms with Crippen LogP contribution in [0.25, 0.3) is 4.98 Å². The van der Waals surface area contributed by atoms with Crippen LogP contribution in [0.2, 0.25) is 0 Å². The lowest BCUT2D eigenvalue weighted by Crippen LogP contribution is -2.12. The zero-order valence-corrected chi connectivity index (χ0v) is 6.09. The molecule has 0 aliphatic heterocycles. The van der Waals surface area contributed by atoms with Crippen molar-refractivity contribution in [2.24, 2.45) is 0 Å². The molecule has 0 aliphatic rings. The van der Waals surface area contributed by atoms with Gasteiger partial charge in [0.2, 0.25) is 5.39 Å². The summed E-state index contributed by atoms with van der Waals surface area (Å²) in [5.41, 5.74) is -1.84. The molecule has 12 heavy (non-hydrogen) atoms. The fourth-order valence-electron chi connectivity index (χ4n) is 0.426. The third-order valence-electron chi connectivity index (χ3n) is 0.852. The van der Waals surface area contributed by atoms with Gasteiger partial charge in [-0.15, -0.1) is 0 Å². The van der Waals surface area contributed by atoms with Crippen molar-refractivity contribution in [3.05, 3.63) is 16.6 Å². The van der Waals surface area contributed by atoms with E-state index in [1.807, 2.05) is 4.98 Å². The van der Waals surface area contributed by atoms with Crippen molar-refractivity contribution in [2.45, 2.75) is 13.1 Å². The summed E-state index contributed by atoms with van der Waals surface area (Å²) in [6.07, 6.45) is -4.92. The van der Waals surface area contributed by atoms with Crippen LogP contribution in [0.3, 0.4) is 0 Å². The van der Waals surface area contributed by atoms with Crippen LogP contribution < -0.4 is 0 Å². The number of allylic oxidation sites excluding steroid dienone is 1. The van der Waals surface area contributed by atoms with Crippen LogP contribution in [-0.2, 0) is 4.74 Å². The molecule has 0 saturated carbocycles. The molecule has 0 radical (unpaired) electrons. The van der Waals surface area contributed by atoms with Gasteiger partial charge < -0.3 is 9.84 Å². The molecule has 0 spiro atoms. The van der Waals surface area contributed by atoms with Crippen molar-refractivity contribution < 1.29 is 23.0 Å². The van der Waals surface area contributed by atoms with E-state index in [0.717, 1.165) is 0 Å². The minimum Gasteiger partial charge on any atom is -0.475 e. The molecule has 0 fully saturated rings. The van der Waals surface area contributed by atoms with Gasteiger partial charge in [-0.1, -0.05) is 0 Å². The van der Waals surface area contributed by atoms with Crippen LogP contribution in [0.15, 0.2) is 11.6 Å². The third kappa shape index (κ3) is 2.65. The molecule has 68 valence electrons. The van der Waals surface area contributed by atoms with E-state index in [4.69, 9.17) is 10.5 Å². The van der Waals surface area contributed by atoms with Crippen LogP contribution in [0.5, 0.6) is 0 Å². The molecule has 4 nitrogen and oxygen atoms in total. The normalized spacial score (nSPS) is 13.2. The first-order valence-corrected chi connectivity index (χ1v) is 2.91. The van der Waals surface area contributed by atoms with E-state index in [1.54, 1.807) is 0 Å². The molecular formula is C5H6F3N2O2+. The van der Waals surface area contributed by atoms with Crippen molar-refractivity contribution in [1.29, 1.82) is 5.39 Å². The Labute approximate surface area is 65.9 Å². The van der Waals surface area contributed by atoms with E-state index in [9.17, 15) is 13.2 Å². The second-order valence-electron chi connectivity index (χ2n) is 1.68. The summed E-state index contributed by atoms with van der Waals surface area (Å²) in [6.45, 7) is 1.22. The summed E-state index contributed by atoms with van der Waals surface area (Å²) in [5.74, 6) is -1.44. The Kier molecular flexibility index (Phi) is 3.34. The molecule has 1 N–H and O–H groups in total. The summed E-state index contributed by atoms with van der Waals surface area (Å²) in [7, 11) is 0. The number of alkyl halides is 3. The van der Waals surface area contributed by atoms with Crippen LogP contribution in [0.1, 0.15) is 6.92 Å². The first-order valence-electron chi connectivity index (χ1n) is 2.91. The van der Waals surface area contributed by atoms with Crippen LogP contribution in [0, 0.1) is 5.39 Å². The molecule has 0 heterocycles. The first-order chi connectivity index (χ1) is 5.43. The molecule has 0 aromatic carbocycles. The van der Waals surface area contributed by atoms with Crippen LogP contribution in [-0.4, -0.2) is 17.9 Å². The maximum atomic E-state index is 11.7. The minimum atomic E-state index is -4.92. The Bertz CT molecular complexity index is 228. The lowest BCUT2D eigenvalue weighted by Gasteiger charge is -1.98. The van der Waals surface area contributed by atoms with Crippen molar-refractivity contribution in [3.63, 3.8) is 0 Å². The molecule has 0 saturated heterocycles. The molecule has 0 atom stereocenters. The average molecular weight is 183 g/mol. The molecule has 0 unspecified atom stereocenters. The number of hydrogen-bond acceptors (Lipinski definition) is 3. The number of aliphatic hydroxyl groups excluding tert-OH is 1. The second-order valence-corrected chi connectivity index (χ2v) is 1.68. The topological polar surface area (TPSA) is 57.6 Å². The number of aliphatic hydroxyl groups is 1. The summed E-state index contributed by atoms with van der Waals surface area (Å²) < 4.78 is 39.3. The SMILES string of the molecule is CCOC(O)=C([N+]#N)C(F)(F)F. The van der Waals surface area contributed by atoms with E-state index in [0.29, 0.717) is 0 Å². The summed E-state index contributed by atoms with van der Waals surface area (Å²) >= 11 is 0. The second kappa shape index (κ2) is 3.80. The predicted octanol–water partition coefficient (Wildman–Crippen LogP) is 2.17. The van der Waals surface area contributed by atoms with E-state index in [2.05, 4.69) is 4.74 Å². The number of hydrogen-bond donors (Lipinski definition) is 1. The largest absolute Gasteiger partial charge is 0.543 e. The number of rotatable bonds is 2. The van der Waals surface area contributed by atoms with Gasteiger partial charge in [0.25, 0.3) is 0 Å². The Morgan fingerprint density at radius 2 is 2.08 bits per heavy atom. The van der Waals surface area contributed by atoms with Gasteiger partial charge in [-0.3, -0.25) is 0 Å². The summed E-state index contributed by atoms with van der Waals surface area (Å²) in [4.78, 5) is 1.86. The Morgan fingerprint density at radius 1 is 1.58 bits per heavy atom. The van der Waals surface area contributed by atoms with Gasteiger partial charge in [-0.2, -0.15) is 13.2 Å². The minimum absolute atomic E-state index is 0.152. The third-order valence-corrected chi connectivity index (χ3v) is 0.852. The van der Waals surface area contributed by atoms with Crippen LogP contribution >= 0.6 is 0 Å². The van der Waals surface area contributed by atoms with Crippen molar-refractivity contribution in [1.82, 2.24) is 0 Å².